The second kappa shape index (κ2) is 8.25. The lowest BCUT2D eigenvalue weighted by Gasteiger charge is -2.28. The maximum absolute atomic E-state index is 12.9. The number of hydrogen-bond acceptors (Lipinski definition) is 4. The summed E-state index contributed by atoms with van der Waals surface area (Å²) in [6, 6.07) is 2.10. The smallest absolute Gasteiger partial charge is 0.573 e. The molecule has 2 aromatic rings. The molecule has 1 aromatic carbocycles. The summed E-state index contributed by atoms with van der Waals surface area (Å²) in [5.74, 6) is -0.676. The molecule has 0 bridgehead atoms. The van der Waals surface area contributed by atoms with Crippen LogP contribution in [-0.2, 0) is 17.7 Å². The van der Waals surface area contributed by atoms with Crippen LogP contribution in [0, 0.1) is 0 Å². The molecular weight excluding hydrogens is 448 g/mol. The number of hydrogen-bond donors (Lipinski definition) is 1. The van der Waals surface area contributed by atoms with Crippen molar-refractivity contribution >= 4 is 23.0 Å². The van der Waals surface area contributed by atoms with E-state index in [4.69, 9.17) is 11.6 Å². The fourth-order valence-electron chi connectivity index (χ4n) is 2.14. The van der Waals surface area contributed by atoms with Gasteiger partial charge in [0.1, 0.15) is 16.5 Å². The first kappa shape index (κ1) is 23.6. The normalized spacial score (nSPS) is 15.3. The van der Waals surface area contributed by atoms with Crippen LogP contribution in [0.1, 0.15) is 37.9 Å². The minimum atomic E-state index is -4.97. The highest BCUT2D eigenvalue weighted by atomic mass is 35.5. The van der Waals surface area contributed by atoms with Crippen LogP contribution in [0.2, 0.25) is 5.02 Å². The largest absolute Gasteiger partial charge is 0.598 e. The Balaban J connectivity index is 2.45. The van der Waals surface area contributed by atoms with E-state index >= 15 is 0 Å². The van der Waals surface area contributed by atoms with Crippen molar-refractivity contribution in [2.75, 3.05) is 0 Å². The summed E-state index contributed by atoms with van der Waals surface area (Å²) in [5, 5.41) is 2.82. The highest BCUT2D eigenvalue weighted by Crippen LogP contribution is 2.35. The Morgan fingerprint density at radius 3 is 2.21 bits per heavy atom. The van der Waals surface area contributed by atoms with Gasteiger partial charge in [-0.1, -0.05) is 17.7 Å². The lowest BCUT2D eigenvalue weighted by Crippen LogP contribution is -2.41. The minimum Gasteiger partial charge on any atom is -0.598 e. The Morgan fingerprint density at radius 2 is 1.76 bits per heavy atom. The maximum Gasteiger partial charge on any atom is 0.573 e. The highest BCUT2D eigenvalue weighted by Gasteiger charge is 2.36. The van der Waals surface area contributed by atoms with Crippen molar-refractivity contribution in [1.82, 2.24) is 14.5 Å². The molecule has 29 heavy (non-hydrogen) atoms. The number of halogens is 7. The summed E-state index contributed by atoms with van der Waals surface area (Å²) in [6.07, 6.45) is -8.14. The number of nitrogens with zero attached hydrogens (tertiary/aromatic N) is 2. The van der Waals surface area contributed by atoms with E-state index in [-0.39, 0.29) is 15.8 Å². The second-order valence-electron chi connectivity index (χ2n) is 6.86. The van der Waals surface area contributed by atoms with Crippen LogP contribution < -0.4 is 9.46 Å². The van der Waals surface area contributed by atoms with E-state index in [0.29, 0.717) is 6.20 Å². The van der Waals surface area contributed by atoms with Gasteiger partial charge < -0.3 is 9.29 Å². The first-order valence-electron chi connectivity index (χ1n) is 7.93. The van der Waals surface area contributed by atoms with E-state index < -0.39 is 45.6 Å². The molecule has 0 spiro atoms. The molecule has 0 saturated heterocycles. The molecule has 0 aliphatic heterocycles. The summed E-state index contributed by atoms with van der Waals surface area (Å²) < 4.78 is 93.8. The molecule has 1 N–H and O–H groups in total. The van der Waals surface area contributed by atoms with Crippen LogP contribution in [0.5, 0.6) is 5.75 Å². The number of aromatic nitrogens is 2. The molecule has 1 heterocycles. The van der Waals surface area contributed by atoms with Gasteiger partial charge in [-0.15, -0.1) is 31.1 Å². The van der Waals surface area contributed by atoms with Crippen LogP contribution in [-0.4, -0.2) is 25.4 Å². The van der Waals surface area contributed by atoms with Gasteiger partial charge in [-0.2, -0.15) is 9.78 Å². The summed E-state index contributed by atoms with van der Waals surface area (Å²) in [4.78, 5) is 0. The van der Waals surface area contributed by atoms with Gasteiger partial charge in [0.25, 0.3) is 0 Å². The van der Waals surface area contributed by atoms with Crippen LogP contribution in [0.25, 0.3) is 0 Å². The van der Waals surface area contributed by atoms with Crippen LogP contribution in [0.15, 0.2) is 30.6 Å². The fourth-order valence-corrected chi connectivity index (χ4v) is 3.21. The van der Waals surface area contributed by atoms with Crippen molar-refractivity contribution in [1.29, 1.82) is 0 Å². The van der Waals surface area contributed by atoms with Gasteiger partial charge in [0.2, 0.25) is 0 Å². The van der Waals surface area contributed by atoms with Crippen LogP contribution in [0.4, 0.5) is 26.3 Å². The number of benzene rings is 1. The van der Waals surface area contributed by atoms with E-state index in [9.17, 15) is 30.9 Å². The van der Waals surface area contributed by atoms with Gasteiger partial charge in [-0.05, 0) is 38.5 Å². The maximum atomic E-state index is 12.9. The quantitative estimate of drug-likeness (QED) is 0.498. The summed E-state index contributed by atoms with van der Waals surface area (Å²) >= 11 is 4.11. The third kappa shape index (κ3) is 6.43. The molecule has 13 heteroatoms. The Morgan fingerprint density at radius 1 is 1.14 bits per heavy atom. The molecule has 162 valence electrons. The van der Waals surface area contributed by atoms with Crippen molar-refractivity contribution in [3.63, 3.8) is 0 Å². The topological polar surface area (TPSA) is 62.1 Å². The molecule has 0 aliphatic carbocycles. The van der Waals surface area contributed by atoms with E-state index in [1.54, 1.807) is 20.8 Å². The summed E-state index contributed by atoms with van der Waals surface area (Å²) in [7, 11) is 0. The summed E-state index contributed by atoms with van der Waals surface area (Å²) in [6.45, 7) is 4.92. The van der Waals surface area contributed by atoms with E-state index in [1.165, 1.54) is 6.07 Å². The number of rotatable bonds is 5. The fraction of sp³-hybridized carbons (Fsp3) is 0.438. The zero-order chi connectivity index (χ0) is 22.2. The van der Waals surface area contributed by atoms with Crippen molar-refractivity contribution in [2.24, 2.45) is 0 Å². The first-order valence-corrected chi connectivity index (χ1v) is 9.46. The third-order valence-electron chi connectivity index (χ3n) is 3.49. The molecule has 2 rings (SSSR count). The van der Waals surface area contributed by atoms with Gasteiger partial charge in [0, 0.05) is 23.1 Å². The third-order valence-corrected chi connectivity index (χ3v) is 5.35. The minimum absolute atomic E-state index is 0.0134. The average Bonchev–Trinajstić information content (AvgIpc) is 3.02. The van der Waals surface area contributed by atoms with Gasteiger partial charge in [-0.25, -0.2) is 0 Å². The van der Waals surface area contributed by atoms with Gasteiger partial charge in [0.15, 0.2) is 0 Å². The molecule has 1 aromatic heterocycles. The molecule has 0 saturated carbocycles. The Bertz CT molecular complexity index is 850. The average molecular weight is 464 g/mol. The van der Waals surface area contributed by atoms with Crippen LogP contribution in [0.3, 0.4) is 0 Å². The zero-order valence-corrected chi connectivity index (χ0v) is 16.8. The Hall–Kier alpha value is -1.63. The first-order chi connectivity index (χ1) is 13.1. The van der Waals surface area contributed by atoms with Gasteiger partial charge >= 0.3 is 12.7 Å². The predicted molar refractivity (Wildman–Crippen MR) is 94.5 cm³/mol. The number of nitrogens with one attached hydrogen (secondary N) is 1. The predicted octanol–water partition coefficient (Wildman–Crippen LogP) is 5.05. The second-order valence-corrected chi connectivity index (χ2v) is 9.26. The molecular formula is C16H16ClF6N3O2S. The van der Waals surface area contributed by atoms with Crippen molar-refractivity contribution in [3.05, 3.63) is 46.7 Å². The monoisotopic (exact) mass is 463 g/mol. The molecule has 0 radical (unpaired) electrons. The van der Waals surface area contributed by atoms with Crippen molar-refractivity contribution < 1.29 is 35.6 Å². The highest BCUT2D eigenvalue weighted by molar-refractivity contribution is 7.90. The number of ether oxygens (including phenoxy) is 1. The van der Waals surface area contributed by atoms with Gasteiger partial charge in [0.05, 0.1) is 11.2 Å². The van der Waals surface area contributed by atoms with Gasteiger partial charge in [-0.3, -0.25) is 0 Å². The summed E-state index contributed by atoms with van der Waals surface area (Å²) in [5.41, 5.74) is 0.157. The SMILES string of the molecule is CC(C)(C)[S@@+]([O-])N[C@H](c1ccc(OC(F)(F)F)c(Cl)c1)c1cnn(C(F)(F)F)c1. The molecule has 0 aliphatic rings. The number of alkyl halides is 6. The molecule has 5 nitrogen and oxygen atoms in total. The zero-order valence-electron chi connectivity index (χ0n) is 15.2. The molecule has 0 fully saturated rings. The van der Waals surface area contributed by atoms with E-state index in [2.05, 4.69) is 14.6 Å². The van der Waals surface area contributed by atoms with E-state index in [0.717, 1.165) is 18.3 Å². The van der Waals surface area contributed by atoms with Crippen molar-refractivity contribution in [3.8, 4) is 5.75 Å². The molecule has 2 atom stereocenters. The molecule has 0 amide bonds. The molecule has 0 unspecified atom stereocenters. The Kier molecular flexibility index (Phi) is 6.72. The standard InChI is InChI=1S/C16H16ClF6N3O2S/c1-14(2,3)29(27)25-13(10-7-24-26(8-10)15(18,19)20)9-4-5-12(11(17)6-9)28-16(21,22)23/h4-8,13,25H,1-3H3/t13-,29-/m1/s1. The van der Waals surface area contributed by atoms with Crippen LogP contribution >= 0.6 is 11.6 Å². The Labute approximate surface area is 170 Å². The lowest BCUT2D eigenvalue weighted by molar-refractivity contribution is -0.274. The lowest BCUT2D eigenvalue weighted by atomic mass is 10.0. The van der Waals surface area contributed by atoms with Crippen molar-refractivity contribution in [2.45, 2.75) is 44.2 Å². The van der Waals surface area contributed by atoms with E-state index in [1.807, 2.05) is 0 Å².